The molecule has 0 bridgehead atoms. The number of benzene rings is 2. The number of Topliss-reactive ketones (excluding diaryl/α,β-unsaturated/α-hetero) is 1. The summed E-state index contributed by atoms with van der Waals surface area (Å²) in [6.07, 6.45) is -4.59. The fraction of sp³-hybridized carbons (Fsp3) is 0.208. The molecule has 2 heterocycles. The zero-order valence-corrected chi connectivity index (χ0v) is 21.1. The van der Waals surface area contributed by atoms with Crippen LogP contribution in [0.1, 0.15) is 15.9 Å². The summed E-state index contributed by atoms with van der Waals surface area (Å²) in [6.45, 7) is 0. The molecule has 2 aromatic heterocycles. The van der Waals surface area contributed by atoms with Gasteiger partial charge in [-0.2, -0.15) is 13.2 Å². The van der Waals surface area contributed by atoms with Crippen LogP contribution in [0.2, 0.25) is 0 Å². The van der Waals surface area contributed by atoms with E-state index in [1.54, 1.807) is 24.3 Å². The van der Waals surface area contributed by atoms with Crippen LogP contribution in [0.5, 0.6) is 5.75 Å². The van der Waals surface area contributed by atoms with Crippen molar-refractivity contribution in [2.45, 2.75) is 11.3 Å². The SMILES string of the molecule is COc1ccc(-c2nnc(SCC(=O)c3c(N)n(C)c(=O)n(C)c3=O)n2-c2cccc(C(F)(F)F)c2)cc1. The summed E-state index contributed by atoms with van der Waals surface area (Å²) in [5.74, 6) is -0.539. The Morgan fingerprint density at radius 1 is 1.05 bits per heavy atom. The van der Waals surface area contributed by atoms with Gasteiger partial charge in [-0.15, -0.1) is 10.2 Å². The first-order chi connectivity index (χ1) is 17.9. The number of halogens is 3. The number of hydrogen-bond donors (Lipinski definition) is 1. The summed E-state index contributed by atoms with van der Waals surface area (Å²) in [6, 6.07) is 11.3. The molecule has 0 aliphatic rings. The number of hydrogen-bond acceptors (Lipinski definition) is 8. The Labute approximate surface area is 217 Å². The van der Waals surface area contributed by atoms with E-state index in [2.05, 4.69) is 10.2 Å². The van der Waals surface area contributed by atoms with E-state index in [9.17, 15) is 27.6 Å². The quantitative estimate of drug-likeness (QED) is 0.277. The summed E-state index contributed by atoms with van der Waals surface area (Å²) in [5.41, 5.74) is 3.73. The lowest BCUT2D eigenvalue weighted by molar-refractivity contribution is -0.137. The van der Waals surface area contributed by atoms with Gasteiger partial charge in [-0.1, -0.05) is 17.8 Å². The third-order valence-corrected chi connectivity index (χ3v) is 6.66. The van der Waals surface area contributed by atoms with Gasteiger partial charge in [0.25, 0.3) is 5.56 Å². The number of carbonyl (C=O) groups is 1. The number of anilines is 1. The minimum absolute atomic E-state index is 0.101. The highest BCUT2D eigenvalue weighted by Crippen LogP contribution is 2.34. The van der Waals surface area contributed by atoms with Crippen molar-refractivity contribution in [1.29, 1.82) is 0 Å². The van der Waals surface area contributed by atoms with Crippen LogP contribution in [0.3, 0.4) is 0 Å². The van der Waals surface area contributed by atoms with E-state index in [1.807, 2.05) is 0 Å². The molecule has 0 saturated carbocycles. The molecule has 0 radical (unpaired) electrons. The van der Waals surface area contributed by atoms with Gasteiger partial charge < -0.3 is 10.5 Å². The van der Waals surface area contributed by atoms with Gasteiger partial charge in [-0.25, -0.2) is 4.79 Å². The van der Waals surface area contributed by atoms with Crippen molar-refractivity contribution >= 4 is 23.4 Å². The van der Waals surface area contributed by atoms with Gasteiger partial charge in [-0.05, 0) is 42.5 Å². The van der Waals surface area contributed by atoms with Gasteiger partial charge in [-0.3, -0.25) is 23.3 Å². The van der Waals surface area contributed by atoms with Gasteiger partial charge in [0.2, 0.25) is 0 Å². The highest BCUT2D eigenvalue weighted by Gasteiger charge is 2.31. The van der Waals surface area contributed by atoms with Crippen molar-refractivity contribution in [3.63, 3.8) is 0 Å². The number of carbonyl (C=O) groups excluding carboxylic acids is 1. The van der Waals surface area contributed by atoms with Crippen LogP contribution in [0, 0.1) is 0 Å². The van der Waals surface area contributed by atoms with E-state index in [4.69, 9.17) is 10.5 Å². The highest BCUT2D eigenvalue weighted by molar-refractivity contribution is 7.99. The van der Waals surface area contributed by atoms with Crippen molar-refractivity contribution in [1.82, 2.24) is 23.9 Å². The number of nitrogen functional groups attached to an aromatic ring is 1. The molecule has 0 aliphatic carbocycles. The average molecular weight is 547 g/mol. The Bertz CT molecular complexity index is 1640. The number of rotatable bonds is 7. The first-order valence-electron chi connectivity index (χ1n) is 10.9. The molecule has 4 aromatic rings. The van der Waals surface area contributed by atoms with E-state index in [0.717, 1.165) is 33.0 Å². The molecule has 0 unspecified atom stereocenters. The molecule has 0 atom stereocenters. The van der Waals surface area contributed by atoms with Crippen molar-refractivity contribution < 1.29 is 22.7 Å². The van der Waals surface area contributed by atoms with Crippen molar-refractivity contribution in [3.8, 4) is 22.8 Å². The topological polar surface area (TPSA) is 127 Å². The smallest absolute Gasteiger partial charge is 0.416 e. The fourth-order valence-electron chi connectivity index (χ4n) is 3.67. The number of thioether (sulfide) groups is 1. The van der Waals surface area contributed by atoms with Crippen LogP contribution in [0.25, 0.3) is 17.1 Å². The third kappa shape index (κ3) is 4.94. The minimum atomic E-state index is -4.59. The van der Waals surface area contributed by atoms with E-state index in [1.165, 1.54) is 37.9 Å². The lowest BCUT2D eigenvalue weighted by Crippen LogP contribution is -2.41. The maximum atomic E-state index is 13.5. The van der Waals surface area contributed by atoms with Gasteiger partial charge in [0.15, 0.2) is 16.8 Å². The van der Waals surface area contributed by atoms with E-state index < -0.39 is 28.8 Å². The first kappa shape index (κ1) is 26.7. The standard InChI is InChI=1S/C24H21F3N6O4S/c1-31-19(28)18(21(35)32(2)23(31)36)17(34)12-38-22-30-29-20(13-7-9-16(37-3)10-8-13)33(22)15-6-4-5-14(11-15)24(25,26)27/h4-11H,12,28H2,1-3H3. The highest BCUT2D eigenvalue weighted by atomic mass is 32.2. The Kier molecular flexibility index (Phi) is 7.18. The van der Waals surface area contributed by atoms with Crippen LogP contribution >= 0.6 is 11.8 Å². The van der Waals surface area contributed by atoms with E-state index >= 15 is 0 Å². The maximum Gasteiger partial charge on any atom is 0.416 e. The zero-order valence-electron chi connectivity index (χ0n) is 20.3. The molecule has 198 valence electrons. The van der Waals surface area contributed by atoms with Crippen molar-refractivity contribution in [2.24, 2.45) is 14.1 Å². The number of nitrogens with two attached hydrogens (primary N) is 1. The zero-order chi connectivity index (χ0) is 27.8. The first-order valence-corrected chi connectivity index (χ1v) is 11.9. The Morgan fingerprint density at radius 3 is 2.37 bits per heavy atom. The second kappa shape index (κ2) is 10.2. The number of ether oxygens (including phenoxy) is 1. The van der Waals surface area contributed by atoms with Gasteiger partial charge in [0.1, 0.15) is 17.1 Å². The lowest BCUT2D eigenvalue weighted by atomic mass is 10.1. The number of methoxy groups -OCH3 is 1. The number of aromatic nitrogens is 5. The third-order valence-electron chi connectivity index (χ3n) is 5.73. The van der Waals surface area contributed by atoms with Gasteiger partial charge in [0.05, 0.1) is 24.1 Å². The summed E-state index contributed by atoms with van der Waals surface area (Å²) >= 11 is 0.857. The van der Waals surface area contributed by atoms with Crippen molar-refractivity contribution in [2.75, 3.05) is 18.6 Å². The number of nitrogens with zero attached hydrogens (tertiary/aromatic N) is 5. The normalized spacial score (nSPS) is 11.5. The molecule has 0 saturated heterocycles. The van der Waals surface area contributed by atoms with Crippen LogP contribution in [0.15, 0.2) is 63.3 Å². The van der Waals surface area contributed by atoms with Gasteiger partial charge in [0, 0.05) is 19.7 Å². The predicted octanol–water partition coefficient (Wildman–Crippen LogP) is 2.92. The summed E-state index contributed by atoms with van der Waals surface area (Å²) < 4.78 is 48.7. The number of ketones is 1. The molecule has 2 N–H and O–H groups in total. The predicted molar refractivity (Wildman–Crippen MR) is 135 cm³/mol. The maximum absolute atomic E-state index is 13.5. The molecule has 10 nitrogen and oxygen atoms in total. The molecule has 0 fully saturated rings. The molecule has 0 spiro atoms. The Balaban J connectivity index is 1.77. The largest absolute Gasteiger partial charge is 0.497 e. The van der Waals surface area contributed by atoms with E-state index in [-0.39, 0.29) is 33.8 Å². The van der Waals surface area contributed by atoms with Crippen LogP contribution < -0.4 is 21.7 Å². The monoisotopic (exact) mass is 546 g/mol. The Hall–Kier alpha value is -4.33. The Morgan fingerprint density at radius 2 is 1.74 bits per heavy atom. The molecule has 0 amide bonds. The average Bonchev–Trinajstić information content (AvgIpc) is 3.33. The molecular formula is C24H21F3N6O4S. The molecule has 2 aromatic carbocycles. The van der Waals surface area contributed by atoms with Crippen LogP contribution in [0.4, 0.5) is 19.0 Å². The number of alkyl halides is 3. The van der Waals surface area contributed by atoms with Crippen LogP contribution in [-0.2, 0) is 20.3 Å². The molecule has 4 rings (SSSR count). The molecular weight excluding hydrogens is 525 g/mol. The molecule has 38 heavy (non-hydrogen) atoms. The molecule has 0 aliphatic heterocycles. The summed E-state index contributed by atoms with van der Waals surface area (Å²) in [7, 11) is 4.04. The second-order valence-electron chi connectivity index (χ2n) is 8.10. The summed E-state index contributed by atoms with van der Waals surface area (Å²) in [5, 5.41) is 8.36. The minimum Gasteiger partial charge on any atom is -0.497 e. The van der Waals surface area contributed by atoms with Gasteiger partial charge >= 0.3 is 11.9 Å². The van der Waals surface area contributed by atoms with Crippen molar-refractivity contribution in [3.05, 3.63) is 80.5 Å². The van der Waals surface area contributed by atoms with E-state index in [0.29, 0.717) is 11.3 Å². The lowest BCUT2D eigenvalue weighted by Gasteiger charge is -2.14. The van der Waals surface area contributed by atoms with Crippen LogP contribution in [-0.4, -0.2) is 42.5 Å². The second-order valence-corrected chi connectivity index (χ2v) is 9.04. The molecule has 14 heteroatoms. The fourth-order valence-corrected chi connectivity index (χ4v) is 4.49. The summed E-state index contributed by atoms with van der Waals surface area (Å²) in [4.78, 5) is 37.6.